The molecule has 0 atom stereocenters. The first-order valence-corrected chi connectivity index (χ1v) is 7.34. The van der Waals surface area contributed by atoms with Crippen molar-refractivity contribution in [3.63, 3.8) is 0 Å². The molecule has 1 aliphatic rings. The van der Waals surface area contributed by atoms with E-state index in [4.69, 9.17) is 0 Å². The molecule has 0 bridgehead atoms. The van der Waals surface area contributed by atoms with Gasteiger partial charge in [-0.15, -0.1) is 0 Å². The van der Waals surface area contributed by atoms with Crippen LogP contribution in [0.2, 0.25) is 0 Å². The van der Waals surface area contributed by atoms with Gasteiger partial charge in [0.05, 0.1) is 18.4 Å². The number of aromatic nitrogens is 2. The van der Waals surface area contributed by atoms with E-state index in [-0.39, 0.29) is 5.56 Å². The third-order valence-electron chi connectivity index (χ3n) is 3.53. The third kappa shape index (κ3) is 4.06. The highest BCUT2D eigenvalue weighted by atomic mass is 16.1. The number of unbranched alkanes of at least 4 members (excludes halogenated alkanes) is 1. The summed E-state index contributed by atoms with van der Waals surface area (Å²) in [6.45, 7) is 6.72. The van der Waals surface area contributed by atoms with Crippen LogP contribution in [0.25, 0.3) is 0 Å². The second-order valence-electron chi connectivity index (χ2n) is 5.07. The number of hydrogen-bond donors (Lipinski definition) is 1. The van der Waals surface area contributed by atoms with Gasteiger partial charge in [0, 0.05) is 25.7 Å². The van der Waals surface area contributed by atoms with Crippen molar-refractivity contribution in [1.29, 1.82) is 0 Å². The smallest absolute Gasteiger partial charge is 0.268 e. The highest BCUT2D eigenvalue weighted by molar-refractivity contribution is 5.43. The molecule has 5 heteroatoms. The lowest BCUT2D eigenvalue weighted by molar-refractivity contribution is 0.525. The zero-order valence-corrected chi connectivity index (χ0v) is 11.8. The van der Waals surface area contributed by atoms with Gasteiger partial charge in [-0.2, -0.15) is 5.10 Å². The average Bonchev–Trinajstić information content (AvgIpc) is 2.94. The summed E-state index contributed by atoms with van der Waals surface area (Å²) in [5, 5.41) is 7.58. The molecule has 1 aromatic heterocycles. The van der Waals surface area contributed by atoms with Crippen LogP contribution >= 0.6 is 0 Å². The van der Waals surface area contributed by atoms with Crippen molar-refractivity contribution in [1.82, 2.24) is 15.1 Å². The summed E-state index contributed by atoms with van der Waals surface area (Å²) in [6.07, 6.45) is 6.61. The Morgan fingerprint density at radius 3 is 2.79 bits per heavy atom. The number of nitrogens with zero attached hydrogens (tertiary/aromatic N) is 3. The van der Waals surface area contributed by atoms with Gasteiger partial charge in [-0.3, -0.25) is 4.79 Å². The minimum atomic E-state index is 0.00157. The number of rotatable bonds is 7. The maximum atomic E-state index is 12.0. The van der Waals surface area contributed by atoms with E-state index in [2.05, 4.69) is 22.2 Å². The van der Waals surface area contributed by atoms with Crippen molar-refractivity contribution in [3.05, 3.63) is 22.6 Å². The Labute approximate surface area is 114 Å². The molecule has 2 heterocycles. The fraction of sp³-hybridized carbons (Fsp3) is 0.714. The lowest BCUT2D eigenvalue weighted by atomic mass is 10.3. The lowest BCUT2D eigenvalue weighted by Crippen LogP contribution is -2.30. The van der Waals surface area contributed by atoms with Crippen LogP contribution < -0.4 is 15.8 Å². The van der Waals surface area contributed by atoms with Crippen molar-refractivity contribution >= 4 is 5.69 Å². The maximum Gasteiger partial charge on any atom is 0.268 e. The first-order valence-electron chi connectivity index (χ1n) is 7.34. The topological polar surface area (TPSA) is 50.2 Å². The monoisotopic (exact) mass is 264 g/mol. The minimum Gasteiger partial charge on any atom is -0.370 e. The summed E-state index contributed by atoms with van der Waals surface area (Å²) in [7, 11) is 0. The van der Waals surface area contributed by atoms with Crippen LogP contribution in [-0.4, -0.2) is 36.0 Å². The molecule has 2 rings (SSSR count). The third-order valence-corrected chi connectivity index (χ3v) is 3.53. The van der Waals surface area contributed by atoms with Crippen molar-refractivity contribution < 1.29 is 0 Å². The second kappa shape index (κ2) is 7.28. The average molecular weight is 264 g/mol. The number of hydrogen-bond acceptors (Lipinski definition) is 4. The Balaban J connectivity index is 1.86. The molecule has 0 saturated carbocycles. The quantitative estimate of drug-likeness (QED) is 0.753. The summed E-state index contributed by atoms with van der Waals surface area (Å²) < 4.78 is 1.54. The van der Waals surface area contributed by atoms with Crippen molar-refractivity contribution in [2.45, 2.75) is 39.2 Å². The Bertz CT molecular complexity index is 437. The first kappa shape index (κ1) is 14.1. The van der Waals surface area contributed by atoms with Crippen LogP contribution in [-0.2, 0) is 6.54 Å². The van der Waals surface area contributed by atoms with Gasteiger partial charge >= 0.3 is 0 Å². The van der Waals surface area contributed by atoms with E-state index in [1.165, 1.54) is 25.7 Å². The molecule has 106 valence electrons. The lowest BCUT2D eigenvalue weighted by Gasteiger charge is -2.17. The predicted molar refractivity (Wildman–Crippen MR) is 77.7 cm³/mol. The van der Waals surface area contributed by atoms with Gasteiger partial charge in [0.1, 0.15) is 0 Å². The van der Waals surface area contributed by atoms with Crippen LogP contribution in [0.3, 0.4) is 0 Å². The van der Waals surface area contributed by atoms with Gasteiger partial charge in [-0.05, 0) is 25.8 Å². The molecule has 1 aliphatic heterocycles. The molecule has 0 radical (unpaired) electrons. The standard InChI is InChI=1S/C14H24N4O/c1-2-3-6-15-7-10-18-14(19)11-13(12-16-18)17-8-4-5-9-17/h11-12,15H,2-10H2,1H3. The summed E-state index contributed by atoms with van der Waals surface area (Å²) in [6, 6.07) is 1.71. The molecule has 0 aromatic carbocycles. The van der Waals surface area contributed by atoms with Crippen LogP contribution in [0.5, 0.6) is 0 Å². The maximum absolute atomic E-state index is 12.0. The molecule has 1 N–H and O–H groups in total. The molecular weight excluding hydrogens is 240 g/mol. The van der Waals surface area contributed by atoms with E-state index < -0.39 is 0 Å². The second-order valence-corrected chi connectivity index (χ2v) is 5.07. The molecule has 1 saturated heterocycles. The van der Waals surface area contributed by atoms with E-state index in [0.717, 1.165) is 31.9 Å². The van der Waals surface area contributed by atoms with Crippen molar-refractivity contribution in [2.24, 2.45) is 0 Å². The molecule has 5 nitrogen and oxygen atoms in total. The summed E-state index contributed by atoms with van der Waals surface area (Å²) in [4.78, 5) is 14.2. The van der Waals surface area contributed by atoms with E-state index in [1.54, 1.807) is 10.7 Å². The highest BCUT2D eigenvalue weighted by Crippen LogP contribution is 2.16. The van der Waals surface area contributed by atoms with Crippen molar-refractivity contribution in [3.8, 4) is 0 Å². The van der Waals surface area contributed by atoms with Gasteiger partial charge in [0.25, 0.3) is 5.56 Å². The molecular formula is C14H24N4O. The molecule has 19 heavy (non-hydrogen) atoms. The fourth-order valence-electron chi connectivity index (χ4n) is 2.35. The highest BCUT2D eigenvalue weighted by Gasteiger charge is 2.13. The van der Waals surface area contributed by atoms with Crippen molar-refractivity contribution in [2.75, 3.05) is 31.1 Å². The van der Waals surface area contributed by atoms with Crippen LogP contribution in [0, 0.1) is 0 Å². The van der Waals surface area contributed by atoms with Gasteiger partial charge in [0.15, 0.2) is 0 Å². The molecule has 1 fully saturated rings. The summed E-state index contributed by atoms with van der Waals surface area (Å²) >= 11 is 0. The Morgan fingerprint density at radius 2 is 2.11 bits per heavy atom. The molecule has 0 amide bonds. The molecule has 0 aliphatic carbocycles. The van der Waals surface area contributed by atoms with Gasteiger partial charge < -0.3 is 10.2 Å². The van der Waals surface area contributed by atoms with E-state index >= 15 is 0 Å². The van der Waals surface area contributed by atoms with E-state index in [1.807, 2.05) is 6.20 Å². The number of anilines is 1. The van der Waals surface area contributed by atoms with Crippen LogP contribution in [0.1, 0.15) is 32.6 Å². The summed E-state index contributed by atoms with van der Waals surface area (Å²) in [5.74, 6) is 0. The minimum absolute atomic E-state index is 0.00157. The molecule has 0 unspecified atom stereocenters. The SMILES string of the molecule is CCCCNCCn1ncc(N2CCCC2)cc1=O. The molecule has 0 spiro atoms. The van der Waals surface area contributed by atoms with Gasteiger partial charge in [-0.1, -0.05) is 13.3 Å². The zero-order valence-electron chi connectivity index (χ0n) is 11.8. The first-order chi connectivity index (χ1) is 9.31. The Hall–Kier alpha value is -1.36. The summed E-state index contributed by atoms with van der Waals surface area (Å²) in [5.41, 5.74) is 0.972. The Morgan fingerprint density at radius 1 is 1.32 bits per heavy atom. The van der Waals surface area contributed by atoms with Crippen LogP contribution in [0.4, 0.5) is 5.69 Å². The largest absolute Gasteiger partial charge is 0.370 e. The van der Waals surface area contributed by atoms with Crippen LogP contribution in [0.15, 0.2) is 17.1 Å². The normalized spacial score (nSPS) is 15.1. The number of nitrogens with one attached hydrogen (secondary N) is 1. The fourth-order valence-corrected chi connectivity index (χ4v) is 2.35. The molecule has 1 aromatic rings. The van der Waals surface area contributed by atoms with E-state index in [9.17, 15) is 4.79 Å². The van der Waals surface area contributed by atoms with E-state index in [0.29, 0.717) is 6.54 Å². The zero-order chi connectivity index (χ0) is 13.5. The van der Waals surface area contributed by atoms with Gasteiger partial charge in [-0.25, -0.2) is 4.68 Å². The Kier molecular flexibility index (Phi) is 5.39. The van der Waals surface area contributed by atoms with Gasteiger partial charge in [0.2, 0.25) is 0 Å². The predicted octanol–water partition coefficient (Wildman–Crippen LogP) is 1.23.